The molecule has 0 radical (unpaired) electrons. The van der Waals surface area contributed by atoms with Gasteiger partial charge in [-0.2, -0.15) is 0 Å². The van der Waals surface area contributed by atoms with Crippen molar-refractivity contribution in [3.63, 3.8) is 0 Å². The smallest absolute Gasteiger partial charge is 0.337 e. The fourth-order valence-corrected chi connectivity index (χ4v) is 2.21. The number of carboxylic acid groups (broad SMARTS) is 1. The first-order valence-electron chi connectivity index (χ1n) is 6.61. The number of carboxylic acids is 1. The maximum absolute atomic E-state index is 11.1. The summed E-state index contributed by atoms with van der Waals surface area (Å²) in [4.78, 5) is 11.1. The van der Waals surface area contributed by atoms with Gasteiger partial charge in [0.15, 0.2) is 0 Å². The minimum absolute atomic E-state index is 0.266. The van der Waals surface area contributed by atoms with E-state index in [2.05, 4.69) is 21.2 Å². The summed E-state index contributed by atoms with van der Waals surface area (Å²) in [5.74, 6) is -0.100. The highest BCUT2D eigenvalue weighted by Crippen LogP contribution is 2.21. The van der Waals surface area contributed by atoms with E-state index in [-0.39, 0.29) is 5.56 Å². The van der Waals surface area contributed by atoms with Gasteiger partial charge in [0.2, 0.25) is 0 Å². The van der Waals surface area contributed by atoms with E-state index in [9.17, 15) is 4.79 Å². The number of rotatable bonds is 7. The Labute approximate surface area is 131 Å². The summed E-state index contributed by atoms with van der Waals surface area (Å²) < 4.78 is 6.42. The lowest BCUT2D eigenvalue weighted by Gasteiger charge is -2.11. The molecular weight excluding hydrogens is 334 g/mol. The van der Waals surface area contributed by atoms with E-state index in [1.54, 1.807) is 18.2 Å². The molecule has 21 heavy (non-hydrogen) atoms. The van der Waals surface area contributed by atoms with Crippen LogP contribution in [0.1, 0.15) is 16.8 Å². The molecule has 4 nitrogen and oxygen atoms in total. The maximum Gasteiger partial charge on any atom is 0.337 e. The van der Waals surface area contributed by atoms with Crippen molar-refractivity contribution in [3.05, 3.63) is 58.6 Å². The van der Waals surface area contributed by atoms with Crippen molar-refractivity contribution in [2.45, 2.75) is 6.42 Å². The molecule has 5 heteroatoms. The summed E-state index contributed by atoms with van der Waals surface area (Å²) >= 11 is 3.34. The lowest BCUT2D eigenvalue weighted by atomic mass is 10.2. The van der Waals surface area contributed by atoms with E-state index >= 15 is 0 Å². The Morgan fingerprint density at radius 1 is 1.19 bits per heavy atom. The van der Waals surface area contributed by atoms with Crippen LogP contribution in [0.15, 0.2) is 53.0 Å². The van der Waals surface area contributed by atoms with E-state index in [1.165, 1.54) is 0 Å². The van der Waals surface area contributed by atoms with Gasteiger partial charge in [-0.15, -0.1) is 0 Å². The van der Waals surface area contributed by atoms with Gasteiger partial charge in [0.05, 0.1) is 12.2 Å². The lowest BCUT2D eigenvalue weighted by Crippen LogP contribution is -2.10. The molecule has 2 N–H and O–H groups in total. The summed E-state index contributed by atoms with van der Waals surface area (Å²) in [5.41, 5.74) is 0.874. The molecule has 0 spiro atoms. The summed E-state index contributed by atoms with van der Waals surface area (Å²) in [6, 6.07) is 14.7. The van der Waals surface area contributed by atoms with Crippen LogP contribution in [0.5, 0.6) is 5.75 Å². The number of hydrogen-bond donors (Lipinski definition) is 2. The maximum atomic E-state index is 11.1. The number of halogens is 1. The monoisotopic (exact) mass is 349 g/mol. The largest absolute Gasteiger partial charge is 0.494 e. The third kappa shape index (κ3) is 4.79. The quantitative estimate of drug-likeness (QED) is 0.741. The van der Waals surface area contributed by atoms with Gasteiger partial charge >= 0.3 is 5.97 Å². The number of anilines is 1. The Kier molecular flexibility index (Phi) is 5.63. The predicted octanol–water partition coefficient (Wildman–Crippen LogP) is 4.03. The van der Waals surface area contributed by atoms with Crippen LogP contribution >= 0.6 is 15.9 Å². The zero-order valence-corrected chi connectivity index (χ0v) is 13.0. The van der Waals surface area contributed by atoms with E-state index in [0.717, 1.165) is 16.6 Å². The summed E-state index contributed by atoms with van der Waals surface area (Å²) in [6.07, 6.45) is 0.778. The van der Waals surface area contributed by atoms with Gasteiger partial charge in [-0.1, -0.05) is 34.1 Å². The zero-order chi connectivity index (χ0) is 15.1. The number of hydrogen-bond acceptors (Lipinski definition) is 3. The normalized spacial score (nSPS) is 10.1. The highest BCUT2D eigenvalue weighted by atomic mass is 79.9. The molecule has 110 valence electrons. The molecule has 0 saturated heterocycles. The number of benzene rings is 2. The zero-order valence-electron chi connectivity index (χ0n) is 11.4. The Morgan fingerprint density at radius 2 is 1.95 bits per heavy atom. The van der Waals surface area contributed by atoms with Crippen LogP contribution in [0.25, 0.3) is 0 Å². The minimum atomic E-state index is -0.939. The predicted molar refractivity (Wildman–Crippen MR) is 86.1 cm³/mol. The van der Waals surface area contributed by atoms with Crippen molar-refractivity contribution in [2.75, 3.05) is 18.5 Å². The number of ether oxygens (including phenoxy) is 1. The van der Waals surface area contributed by atoms with Crippen LogP contribution in [-0.4, -0.2) is 24.2 Å². The molecule has 0 heterocycles. The molecular formula is C16H16BrNO3. The summed E-state index contributed by atoms with van der Waals surface area (Å²) in [7, 11) is 0. The van der Waals surface area contributed by atoms with Crippen LogP contribution in [0.4, 0.5) is 5.69 Å². The van der Waals surface area contributed by atoms with E-state index in [4.69, 9.17) is 9.84 Å². The highest BCUT2D eigenvalue weighted by Gasteiger charge is 2.09. The molecule has 0 aromatic heterocycles. The first-order chi connectivity index (χ1) is 10.2. The van der Waals surface area contributed by atoms with Crippen molar-refractivity contribution in [2.24, 2.45) is 0 Å². The van der Waals surface area contributed by atoms with E-state index < -0.39 is 5.97 Å². The second kappa shape index (κ2) is 7.69. The first kappa shape index (κ1) is 15.4. The standard InChI is InChI=1S/C16H16BrNO3/c17-12-7-8-14(16(19)20)15(11-12)18-9-4-10-21-13-5-2-1-3-6-13/h1-3,5-8,11,18H,4,9-10H2,(H,19,20). The summed E-state index contributed by atoms with van der Waals surface area (Å²) in [6.45, 7) is 1.22. The van der Waals surface area contributed by atoms with E-state index in [0.29, 0.717) is 18.8 Å². The second-order valence-corrected chi connectivity index (χ2v) is 5.35. The number of nitrogens with one attached hydrogen (secondary N) is 1. The van der Waals surface area contributed by atoms with Crippen LogP contribution < -0.4 is 10.1 Å². The van der Waals surface area contributed by atoms with Gasteiger partial charge in [0, 0.05) is 16.7 Å². The van der Waals surface area contributed by atoms with Crippen molar-refractivity contribution >= 4 is 27.6 Å². The third-order valence-electron chi connectivity index (χ3n) is 2.86. The van der Waals surface area contributed by atoms with Crippen LogP contribution in [0.3, 0.4) is 0 Å². The fourth-order valence-electron chi connectivity index (χ4n) is 1.85. The topological polar surface area (TPSA) is 58.6 Å². The Morgan fingerprint density at radius 3 is 2.67 bits per heavy atom. The number of carbonyl (C=O) groups is 1. The molecule has 0 atom stereocenters. The molecule has 0 fully saturated rings. The van der Waals surface area contributed by atoms with Gasteiger partial charge in [0.1, 0.15) is 5.75 Å². The average molecular weight is 350 g/mol. The lowest BCUT2D eigenvalue weighted by molar-refractivity contribution is 0.0698. The van der Waals surface area contributed by atoms with Gasteiger partial charge < -0.3 is 15.2 Å². The molecule has 0 amide bonds. The van der Waals surface area contributed by atoms with Crippen molar-refractivity contribution in [3.8, 4) is 5.75 Å². The Balaban J connectivity index is 1.81. The fraction of sp³-hybridized carbons (Fsp3) is 0.188. The molecule has 2 aromatic rings. The van der Waals surface area contributed by atoms with Crippen molar-refractivity contribution in [1.82, 2.24) is 0 Å². The van der Waals surface area contributed by atoms with Crippen LogP contribution in [0, 0.1) is 0 Å². The van der Waals surface area contributed by atoms with Gasteiger partial charge in [-0.25, -0.2) is 4.79 Å². The molecule has 0 saturated carbocycles. The molecule has 0 unspecified atom stereocenters. The van der Waals surface area contributed by atoms with Crippen LogP contribution in [-0.2, 0) is 0 Å². The highest BCUT2D eigenvalue weighted by molar-refractivity contribution is 9.10. The van der Waals surface area contributed by atoms with Crippen molar-refractivity contribution < 1.29 is 14.6 Å². The molecule has 0 bridgehead atoms. The molecule has 2 aromatic carbocycles. The van der Waals surface area contributed by atoms with Crippen molar-refractivity contribution in [1.29, 1.82) is 0 Å². The molecule has 0 aliphatic carbocycles. The molecule has 0 aliphatic heterocycles. The van der Waals surface area contributed by atoms with Gasteiger partial charge in [0.25, 0.3) is 0 Å². The van der Waals surface area contributed by atoms with E-state index in [1.807, 2.05) is 30.3 Å². The first-order valence-corrected chi connectivity index (χ1v) is 7.40. The van der Waals surface area contributed by atoms with Gasteiger partial charge in [-0.05, 0) is 36.8 Å². The Hall–Kier alpha value is -2.01. The second-order valence-electron chi connectivity index (χ2n) is 4.44. The summed E-state index contributed by atoms with van der Waals surface area (Å²) in [5, 5.41) is 12.3. The third-order valence-corrected chi connectivity index (χ3v) is 3.35. The molecule has 0 aliphatic rings. The molecule has 2 rings (SSSR count). The minimum Gasteiger partial charge on any atom is -0.494 e. The SMILES string of the molecule is O=C(O)c1ccc(Br)cc1NCCCOc1ccccc1. The Bertz CT molecular complexity index is 602. The number of para-hydroxylation sites is 1. The average Bonchev–Trinajstić information content (AvgIpc) is 2.48. The van der Waals surface area contributed by atoms with Crippen LogP contribution in [0.2, 0.25) is 0 Å². The number of aromatic carboxylic acids is 1. The van der Waals surface area contributed by atoms with Gasteiger partial charge in [-0.3, -0.25) is 0 Å².